The van der Waals surface area contributed by atoms with Crippen LogP contribution in [0.15, 0.2) is 35.1 Å². The van der Waals surface area contributed by atoms with Gasteiger partial charge in [-0.1, -0.05) is 27.5 Å². The summed E-state index contributed by atoms with van der Waals surface area (Å²) in [7, 11) is 1.79. The summed E-state index contributed by atoms with van der Waals surface area (Å²) >= 11 is 9.50. The quantitative estimate of drug-likeness (QED) is 0.789. The second-order valence-corrected chi connectivity index (χ2v) is 6.67. The van der Waals surface area contributed by atoms with Crippen molar-refractivity contribution in [1.29, 1.82) is 0 Å². The summed E-state index contributed by atoms with van der Waals surface area (Å²) in [5.74, 6) is 0.824. The molecule has 0 bridgehead atoms. The molecule has 0 atom stereocenters. The van der Waals surface area contributed by atoms with E-state index >= 15 is 0 Å². The highest BCUT2D eigenvalue weighted by Gasteiger charge is 2.24. The number of halogens is 2. The van der Waals surface area contributed by atoms with E-state index in [0.29, 0.717) is 42.6 Å². The van der Waals surface area contributed by atoms with Crippen LogP contribution in [0.25, 0.3) is 0 Å². The summed E-state index contributed by atoms with van der Waals surface area (Å²) in [4.78, 5) is 24.9. The van der Waals surface area contributed by atoms with Gasteiger partial charge >= 0.3 is 0 Å². The predicted octanol–water partition coefficient (Wildman–Crippen LogP) is 2.90. The van der Waals surface area contributed by atoms with E-state index in [1.54, 1.807) is 7.05 Å². The molecular weight excluding hydrogens is 394 g/mol. The van der Waals surface area contributed by atoms with Gasteiger partial charge in [0.05, 0.1) is 0 Å². The highest BCUT2D eigenvalue weighted by molar-refractivity contribution is 9.10. The third kappa shape index (κ3) is 3.47. The molecule has 1 amide bonds. The minimum Gasteiger partial charge on any atom is -0.383 e. The molecule has 1 fully saturated rings. The number of anilines is 2. The van der Waals surface area contributed by atoms with Crippen molar-refractivity contribution in [3.63, 3.8) is 0 Å². The number of carbonyl (C=O) groups excluding carboxylic acids is 1. The zero-order valence-electron chi connectivity index (χ0n) is 13.2. The molecule has 1 aromatic carbocycles. The minimum atomic E-state index is 0.0525. The van der Waals surface area contributed by atoms with E-state index in [0.717, 1.165) is 10.3 Å². The molecular formula is C16H17BrClN5O. The van der Waals surface area contributed by atoms with Crippen LogP contribution in [0.5, 0.6) is 0 Å². The topological polar surface area (TPSA) is 61.4 Å². The van der Waals surface area contributed by atoms with Crippen molar-refractivity contribution in [2.75, 3.05) is 43.4 Å². The molecule has 0 radical (unpaired) electrons. The molecule has 0 aliphatic carbocycles. The number of carbonyl (C=O) groups is 1. The zero-order valence-corrected chi connectivity index (χ0v) is 15.5. The fourth-order valence-corrected chi connectivity index (χ4v) is 3.19. The second-order valence-electron chi connectivity index (χ2n) is 5.40. The SMILES string of the molecule is CNc1c(Cl)ncnc1N1CCN(C(=O)c2ccc(Br)cc2)CC1. The van der Waals surface area contributed by atoms with Crippen molar-refractivity contribution in [3.8, 4) is 0 Å². The van der Waals surface area contributed by atoms with Crippen LogP contribution >= 0.6 is 27.5 Å². The molecule has 1 aliphatic rings. The Hall–Kier alpha value is -1.86. The van der Waals surface area contributed by atoms with Gasteiger partial charge in [-0.2, -0.15) is 0 Å². The van der Waals surface area contributed by atoms with Gasteiger partial charge in [-0.3, -0.25) is 4.79 Å². The highest BCUT2D eigenvalue weighted by atomic mass is 79.9. The molecule has 8 heteroatoms. The number of benzene rings is 1. The van der Waals surface area contributed by atoms with Gasteiger partial charge < -0.3 is 15.1 Å². The first-order valence-corrected chi connectivity index (χ1v) is 8.75. The fourth-order valence-electron chi connectivity index (χ4n) is 2.71. The van der Waals surface area contributed by atoms with Crippen molar-refractivity contribution < 1.29 is 4.79 Å². The van der Waals surface area contributed by atoms with E-state index in [-0.39, 0.29) is 5.91 Å². The molecule has 0 saturated carbocycles. The maximum atomic E-state index is 12.6. The van der Waals surface area contributed by atoms with Gasteiger partial charge in [0.15, 0.2) is 11.0 Å². The van der Waals surface area contributed by atoms with Crippen LogP contribution in [0.2, 0.25) is 5.15 Å². The van der Waals surface area contributed by atoms with Crippen LogP contribution in [-0.4, -0.2) is 54.0 Å². The molecule has 2 aromatic rings. The molecule has 126 valence electrons. The Bertz CT molecular complexity index is 732. The number of nitrogens with one attached hydrogen (secondary N) is 1. The van der Waals surface area contributed by atoms with E-state index in [1.807, 2.05) is 29.2 Å². The Balaban J connectivity index is 1.69. The lowest BCUT2D eigenvalue weighted by Gasteiger charge is -2.36. The molecule has 0 spiro atoms. The van der Waals surface area contributed by atoms with Crippen molar-refractivity contribution in [2.45, 2.75) is 0 Å². The fraction of sp³-hybridized carbons (Fsp3) is 0.312. The normalized spacial score (nSPS) is 14.6. The molecule has 1 N–H and O–H groups in total. The third-order valence-corrected chi connectivity index (χ3v) is 4.80. The van der Waals surface area contributed by atoms with Gasteiger partial charge in [-0.15, -0.1) is 0 Å². The van der Waals surface area contributed by atoms with Gasteiger partial charge in [0.25, 0.3) is 5.91 Å². The van der Waals surface area contributed by atoms with Crippen LogP contribution in [-0.2, 0) is 0 Å². The molecule has 2 heterocycles. The Morgan fingerprint density at radius 3 is 2.46 bits per heavy atom. The van der Waals surface area contributed by atoms with Crippen molar-refractivity contribution >= 4 is 44.9 Å². The van der Waals surface area contributed by atoms with Gasteiger partial charge in [0.1, 0.15) is 12.0 Å². The molecule has 3 rings (SSSR count). The zero-order chi connectivity index (χ0) is 17.1. The number of amides is 1. The Morgan fingerprint density at radius 1 is 1.17 bits per heavy atom. The largest absolute Gasteiger partial charge is 0.383 e. The Morgan fingerprint density at radius 2 is 1.83 bits per heavy atom. The Labute approximate surface area is 154 Å². The lowest BCUT2D eigenvalue weighted by Crippen LogP contribution is -2.49. The number of nitrogens with zero attached hydrogens (tertiary/aromatic N) is 4. The van der Waals surface area contributed by atoms with Crippen molar-refractivity contribution in [1.82, 2.24) is 14.9 Å². The summed E-state index contributed by atoms with van der Waals surface area (Å²) in [6.07, 6.45) is 1.46. The first kappa shape index (κ1) is 17.0. The lowest BCUT2D eigenvalue weighted by atomic mass is 10.2. The van der Waals surface area contributed by atoms with Gasteiger partial charge in [-0.25, -0.2) is 9.97 Å². The predicted molar refractivity (Wildman–Crippen MR) is 98.8 cm³/mol. The smallest absolute Gasteiger partial charge is 0.253 e. The molecule has 6 nitrogen and oxygen atoms in total. The first-order valence-electron chi connectivity index (χ1n) is 7.58. The van der Waals surface area contributed by atoms with Crippen LogP contribution < -0.4 is 10.2 Å². The van der Waals surface area contributed by atoms with Gasteiger partial charge in [0.2, 0.25) is 0 Å². The van der Waals surface area contributed by atoms with E-state index in [4.69, 9.17) is 11.6 Å². The molecule has 0 unspecified atom stereocenters. The standard InChI is InChI=1S/C16H17BrClN5O/c1-19-13-14(18)20-10-21-15(13)22-6-8-23(9-7-22)16(24)11-2-4-12(17)5-3-11/h2-5,10,19H,6-9H2,1H3. The van der Waals surface area contributed by atoms with E-state index in [2.05, 4.69) is 36.1 Å². The maximum Gasteiger partial charge on any atom is 0.253 e. The third-order valence-electron chi connectivity index (χ3n) is 3.99. The van der Waals surface area contributed by atoms with E-state index < -0.39 is 0 Å². The average Bonchev–Trinajstić information content (AvgIpc) is 2.62. The summed E-state index contributed by atoms with van der Waals surface area (Å²) in [6.45, 7) is 2.67. The van der Waals surface area contributed by atoms with E-state index in [1.165, 1.54) is 6.33 Å². The van der Waals surface area contributed by atoms with Gasteiger partial charge in [0, 0.05) is 43.3 Å². The van der Waals surface area contributed by atoms with Gasteiger partial charge in [-0.05, 0) is 24.3 Å². The highest BCUT2D eigenvalue weighted by Crippen LogP contribution is 2.29. The summed E-state index contributed by atoms with van der Waals surface area (Å²) < 4.78 is 0.962. The molecule has 1 aromatic heterocycles. The Kier molecular flexibility index (Phi) is 5.20. The van der Waals surface area contributed by atoms with E-state index in [9.17, 15) is 4.79 Å². The van der Waals surface area contributed by atoms with Crippen molar-refractivity contribution in [2.24, 2.45) is 0 Å². The number of hydrogen-bond donors (Lipinski definition) is 1. The minimum absolute atomic E-state index is 0.0525. The summed E-state index contributed by atoms with van der Waals surface area (Å²) in [6, 6.07) is 7.43. The number of aromatic nitrogens is 2. The summed E-state index contributed by atoms with van der Waals surface area (Å²) in [5.41, 5.74) is 1.42. The number of piperazine rings is 1. The number of hydrogen-bond acceptors (Lipinski definition) is 5. The number of rotatable bonds is 3. The molecule has 24 heavy (non-hydrogen) atoms. The molecule has 1 saturated heterocycles. The average molecular weight is 411 g/mol. The van der Waals surface area contributed by atoms with Crippen LogP contribution in [0.3, 0.4) is 0 Å². The van der Waals surface area contributed by atoms with Crippen LogP contribution in [0, 0.1) is 0 Å². The monoisotopic (exact) mass is 409 g/mol. The lowest BCUT2D eigenvalue weighted by molar-refractivity contribution is 0.0746. The van der Waals surface area contributed by atoms with Crippen LogP contribution in [0.1, 0.15) is 10.4 Å². The second kappa shape index (κ2) is 7.36. The molecule has 1 aliphatic heterocycles. The first-order chi connectivity index (χ1) is 11.6. The maximum absolute atomic E-state index is 12.6. The summed E-state index contributed by atoms with van der Waals surface area (Å²) in [5, 5.41) is 3.44. The van der Waals surface area contributed by atoms with Crippen LogP contribution in [0.4, 0.5) is 11.5 Å². The van der Waals surface area contributed by atoms with Crippen molar-refractivity contribution in [3.05, 3.63) is 45.8 Å².